The second kappa shape index (κ2) is 7.28. The minimum absolute atomic E-state index is 0.254. The van der Waals surface area contributed by atoms with Crippen LogP contribution in [0.2, 0.25) is 5.02 Å². The first-order valence-electron chi connectivity index (χ1n) is 5.46. The van der Waals surface area contributed by atoms with E-state index < -0.39 is 0 Å². The second-order valence-corrected chi connectivity index (χ2v) is 5.10. The molecule has 1 unspecified atom stereocenters. The van der Waals surface area contributed by atoms with E-state index in [0.717, 1.165) is 34.4 Å². The highest BCUT2D eigenvalue weighted by Crippen LogP contribution is 2.21. The number of halogens is 2. The van der Waals surface area contributed by atoms with E-state index in [1.165, 1.54) is 0 Å². The molecule has 1 rings (SSSR count). The van der Waals surface area contributed by atoms with Crippen molar-refractivity contribution in [3.05, 3.63) is 33.3 Å². The number of benzene rings is 1. The fourth-order valence-corrected chi connectivity index (χ4v) is 2.30. The zero-order valence-electron chi connectivity index (χ0n) is 9.34. The number of hydrogen-bond donors (Lipinski definition) is 2. The van der Waals surface area contributed by atoms with E-state index >= 15 is 0 Å². The molecule has 0 amide bonds. The molecule has 0 aliphatic rings. The largest absolute Gasteiger partial charge is 0.392 e. The summed E-state index contributed by atoms with van der Waals surface area (Å²) in [6.07, 6.45) is 1.60. The fraction of sp³-hybridized carbons (Fsp3) is 0.500. The topological polar surface area (TPSA) is 32.3 Å². The lowest BCUT2D eigenvalue weighted by Crippen LogP contribution is -2.26. The van der Waals surface area contributed by atoms with Gasteiger partial charge in [-0.25, -0.2) is 0 Å². The van der Waals surface area contributed by atoms with Gasteiger partial charge in [0.2, 0.25) is 0 Å². The minimum Gasteiger partial charge on any atom is -0.392 e. The van der Waals surface area contributed by atoms with Crippen molar-refractivity contribution >= 4 is 27.5 Å². The zero-order valence-corrected chi connectivity index (χ0v) is 11.7. The first-order chi connectivity index (χ1) is 7.63. The maximum atomic E-state index is 9.55. The zero-order chi connectivity index (χ0) is 12.0. The van der Waals surface area contributed by atoms with E-state index in [4.69, 9.17) is 11.6 Å². The SMILES string of the molecule is CCCC(O)CNCc1ccc(Cl)cc1Br. The quantitative estimate of drug-likeness (QED) is 0.845. The van der Waals surface area contributed by atoms with Crippen molar-refractivity contribution in [2.24, 2.45) is 0 Å². The predicted octanol–water partition coefficient (Wildman–Crippen LogP) is 3.35. The van der Waals surface area contributed by atoms with E-state index in [1.807, 2.05) is 18.2 Å². The highest BCUT2D eigenvalue weighted by Gasteiger charge is 2.03. The molecule has 0 bridgehead atoms. The van der Waals surface area contributed by atoms with Crippen LogP contribution in [0.4, 0.5) is 0 Å². The summed E-state index contributed by atoms with van der Waals surface area (Å²) < 4.78 is 0.998. The summed E-state index contributed by atoms with van der Waals surface area (Å²) in [5, 5.41) is 13.5. The Balaban J connectivity index is 2.37. The van der Waals surface area contributed by atoms with Crippen LogP contribution in [0.3, 0.4) is 0 Å². The first kappa shape index (κ1) is 14.0. The van der Waals surface area contributed by atoms with Gasteiger partial charge >= 0.3 is 0 Å². The smallest absolute Gasteiger partial charge is 0.0664 e. The normalized spacial score (nSPS) is 12.8. The van der Waals surface area contributed by atoms with Gasteiger partial charge in [-0.1, -0.05) is 46.9 Å². The van der Waals surface area contributed by atoms with E-state index in [-0.39, 0.29) is 6.10 Å². The average molecular weight is 307 g/mol. The molecule has 1 aromatic carbocycles. The van der Waals surface area contributed by atoms with Gasteiger partial charge in [-0.3, -0.25) is 0 Å². The Kier molecular flexibility index (Phi) is 6.36. The molecule has 0 heterocycles. The van der Waals surface area contributed by atoms with Gasteiger partial charge in [0.15, 0.2) is 0 Å². The standard InChI is InChI=1S/C12H17BrClNO/c1-2-3-11(16)8-15-7-9-4-5-10(14)6-12(9)13/h4-6,11,15-16H,2-3,7-8H2,1H3. The molecular formula is C12H17BrClNO. The van der Waals surface area contributed by atoms with E-state index in [1.54, 1.807) is 0 Å². The Labute approximate surface area is 110 Å². The van der Waals surface area contributed by atoms with Gasteiger partial charge in [0.1, 0.15) is 0 Å². The fourth-order valence-electron chi connectivity index (χ4n) is 1.47. The lowest BCUT2D eigenvalue weighted by Gasteiger charge is -2.11. The third kappa shape index (κ3) is 4.83. The summed E-state index contributed by atoms with van der Waals surface area (Å²) in [6, 6.07) is 5.72. The highest BCUT2D eigenvalue weighted by atomic mass is 79.9. The van der Waals surface area contributed by atoms with E-state index in [9.17, 15) is 5.11 Å². The number of hydrogen-bond acceptors (Lipinski definition) is 2. The van der Waals surface area contributed by atoms with E-state index in [0.29, 0.717) is 6.54 Å². The molecule has 0 radical (unpaired) electrons. The summed E-state index contributed by atoms with van der Waals surface area (Å²) >= 11 is 9.31. The van der Waals surface area contributed by atoms with Crippen molar-refractivity contribution in [1.29, 1.82) is 0 Å². The van der Waals surface area contributed by atoms with Crippen LogP contribution in [0.5, 0.6) is 0 Å². The molecule has 2 nitrogen and oxygen atoms in total. The monoisotopic (exact) mass is 305 g/mol. The third-order valence-electron chi connectivity index (χ3n) is 2.33. The van der Waals surface area contributed by atoms with Crippen molar-refractivity contribution in [3.8, 4) is 0 Å². The molecule has 16 heavy (non-hydrogen) atoms. The number of rotatable bonds is 6. The lowest BCUT2D eigenvalue weighted by atomic mass is 10.2. The molecule has 90 valence electrons. The van der Waals surface area contributed by atoms with Crippen molar-refractivity contribution < 1.29 is 5.11 Å². The number of aliphatic hydroxyl groups excluding tert-OH is 1. The molecule has 0 aliphatic carbocycles. The third-order valence-corrected chi connectivity index (χ3v) is 3.31. The maximum absolute atomic E-state index is 9.55. The van der Waals surface area contributed by atoms with Crippen molar-refractivity contribution in [2.45, 2.75) is 32.4 Å². The summed E-state index contributed by atoms with van der Waals surface area (Å²) in [5.41, 5.74) is 1.15. The van der Waals surface area contributed by atoms with Crippen LogP contribution in [0.25, 0.3) is 0 Å². The Morgan fingerprint density at radius 2 is 2.25 bits per heavy atom. The van der Waals surface area contributed by atoms with Crippen LogP contribution in [0.1, 0.15) is 25.3 Å². The van der Waals surface area contributed by atoms with Gasteiger partial charge in [0.05, 0.1) is 6.10 Å². The van der Waals surface area contributed by atoms with Gasteiger partial charge < -0.3 is 10.4 Å². The van der Waals surface area contributed by atoms with Crippen molar-refractivity contribution in [3.63, 3.8) is 0 Å². The van der Waals surface area contributed by atoms with E-state index in [2.05, 4.69) is 28.2 Å². The summed E-state index contributed by atoms with van der Waals surface area (Å²) in [6.45, 7) is 3.43. The van der Waals surface area contributed by atoms with Gasteiger partial charge in [-0.15, -0.1) is 0 Å². The Morgan fingerprint density at radius 1 is 1.50 bits per heavy atom. The molecule has 0 aromatic heterocycles. The summed E-state index contributed by atoms with van der Waals surface area (Å²) in [4.78, 5) is 0. The predicted molar refractivity (Wildman–Crippen MR) is 71.8 cm³/mol. The van der Waals surface area contributed by atoms with Crippen LogP contribution < -0.4 is 5.32 Å². The average Bonchev–Trinajstić information content (AvgIpc) is 2.22. The van der Waals surface area contributed by atoms with Crippen LogP contribution in [-0.2, 0) is 6.54 Å². The van der Waals surface area contributed by atoms with Gasteiger partial charge in [-0.2, -0.15) is 0 Å². The van der Waals surface area contributed by atoms with Gasteiger partial charge in [-0.05, 0) is 24.1 Å². The summed E-state index contributed by atoms with van der Waals surface area (Å²) in [7, 11) is 0. The Bertz CT molecular complexity index is 333. The molecule has 0 aliphatic heterocycles. The molecule has 4 heteroatoms. The number of nitrogens with one attached hydrogen (secondary N) is 1. The van der Waals surface area contributed by atoms with Crippen LogP contribution in [-0.4, -0.2) is 17.8 Å². The maximum Gasteiger partial charge on any atom is 0.0664 e. The van der Waals surface area contributed by atoms with Crippen LogP contribution >= 0.6 is 27.5 Å². The van der Waals surface area contributed by atoms with Crippen molar-refractivity contribution in [2.75, 3.05) is 6.54 Å². The Morgan fingerprint density at radius 3 is 2.88 bits per heavy atom. The lowest BCUT2D eigenvalue weighted by molar-refractivity contribution is 0.160. The highest BCUT2D eigenvalue weighted by molar-refractivity contribution is 9.10. The molecule has 0 saturated carbocycles. The van der Waals surface area contributed by atoms with Crippen LogP contribution in [0.15, 0.2) is 22.7 Å². The first-order valence-corrected chi connectivity index (χ1v) is 6.63. The summed E-state index contributed by atoms with van der Waals surface area (Å²) in [5.74, 6) is 0. The minimum atomic E-state index is -0.254. The molecule has 0 saturated heterocycles. The number of aliphatic hydroxyl groups is 1. The second-order valence-electron chi connectivity index (χ2n) is 3.81. The molecular weight excluding hydrogens is 289 g/mol. The molecule has 1 atom stereocenters. The molecule has 0 spiro atoms. The Hall–Kier alpha value is -0.0900. The van der Waals surface area contributed by atoms with Crippen molar-refractivity contribution in [1.82, 2.24) is 5.32 Å². The molecule has 2 N–H and O–H groups in total. The van der Waals surface area contributed by atoms with Crippen LogP contribution in [0, 0.1) is 0 Å². The molecule has 0 fully saturated rings. The van der Waals surface area contributed by atoms with Gasteiger partial charge in [0, 0.05) is 22.6 Å². The van der Waals surface area contributed by atoms with Gasteiger partial charge in [0.25, 0.3) is 0 Å². The molecule has 1 aromatic rings.